The summed E-state index contributed by atoms with van der Waals surface area (Å²) in [5.41, 5.74) is -0.128. The van der Waals surface area contributed by atoms with Crippen LogP contribution in [0.15, 0.2) is 30.6 Å². The van der Waals surface area contributed by atoms with Crippen molar-refractivity contribution in [3.8, 4) is 23.4 Å². The van der Waals surface area contributed by atoms with Crippen LogP contribution in [0.2, 0.25) is 0 Å². The number of nitro benzene ring substituents is 1. The summed E-state index contributed by atoms with van der Waals surface area (Å²) >= 11 is 0. The van der Waals surface area contributed by atoms with Gasteiger partial charge in [0, 0.05) is 0 Å². The normalized spacial score (nSPS) is 9.60. The maximum absolute atomic E-state index is 11.0. The van der Waals surface area contributed by atoms with Gasteiger partial charge in [0.15, 0.2) is 5.69 Å². The average Bonchev–Trinajstić information content (AvgIpc) is 2.48. The first kappa shape index (κ1) is 13.2. The van der Waals surface area contributed by atoms with Crippen molar-refractivity contribution in [2.45, 2.75) is 0 Å². The summed E-state index contributed by atoms with van der Waals surface area (Å²) in [4.78, 5) is 18.0. The van der Waals surface area contributed by atoms with Crippen LogP contribution in [0, 0.1) is 21.4 Å². The Morgan fingerprint density at radius 3 is 2.70 bits per heavy atom. The van der Waals surface area contributed by atoms with Crippen LogP contribution in [0.25, 0.3) is 0 Å². The molecule has 0 fully saturated rings. The van der Waals surface area contributed by atoms with Crippen LogP contribution in [0.4, 0.5) is 5.69 Å². The zero-order chi connectivity index (χ0) is 14.5. The largest absolute Gasteiger partial charge is 0.496 e. The highest BCUT2D eigenvalue weighted by Gasteiger charge is 2.17. The van der Waals surface area contributed by atoms with Gasteiger partial charge in [-0.05, 0) is 12.1 Å². The molecule has 0 N–H and O–H groups in total. The highest BCUT2D eigenvalue weighted by molar-refractivity contribution is 5.52. The molecular formula is C12H8N4O4. The van der Waals surface area contributed by atoms with Crippen LogP contribution >= 0.6 is 0 Å². The lowest BCUT2D eigenvalue weighted by Gasteiger charge is -2.06. The van der Waals surface area contributed by atoms with Crippen molar-refractivity contribution >= 4 is 5.69 Å². The van der Waals surface area contributed by atoms with E-state index in [4.69, 9.17) is 14.7 Å². The Labute approximate surface area is 113 Å². The van der Waals surface area contributed by atoms with E-state index in [1.54, 1.807) is 0 Å². The van der Waals surface area contributed by atoms with Gasteiger partial charge in [-0.2, -0.15) is 5.26 Å². The first-order valence-electron chi connectivity index (χ1n) is 5.36. The first-order valence-corrected chi connectivity index (χ1v) is 5.36. The Morgan fingerprint density at radius 1 is 1.35 bits per heavy atom. The van der Waals surface area contributed by atoms with E-state index in [1.165, 1.54) is 37.7 Å². The minimum atomic E-state index is -0.588. The van der Waals surface area contributed by atoms with E-state index >= 15 is 0 Å². The summed E-state index contributed by atoms with van der Waals surface area (Å²) in [5, 5.41) is 19.6. The Kier molecular flexibility index (Phi) is 3.72. The molecule has 0 atom stereocenters. The van der Waals surface area contributed by atoms with Crippen LogP contribution in [-0.4, -0.2) is 22.0 Å². The molecule has 0 saturated carbocycles. The topological polar surface area (TPSA) is 111 Å². The minimum absolute atomic E-state index is 0.00908. The second-order valence-corrected chi connectivity index (χ2v) is 3.54. The van der Waals surface area contributed by atoms with E-state index < -0.39 is 4.92 Å². The summed E-state index contributed by atoms with van der Waals surface area (Å²) < 4.78 is 10.2. The second kappa shape index (κ2) is 5.62. The highest BCUT2D eigenvalue weighted by Crippen LogP contribution is 2.33. The molecule has 0 saturated heterocycles. The van der Waals surface area contributed by atoms with Gasteiger partial charge in [-0.25, -0.2) is 9.97 Å². The quantitative estimate of drug-likeness (QED) is 0.618. The smallest absolute Gasteiger partial charge is 0.315 e. The maximum Gasteiger partial charge on any atom is 0.315 e. The highest BCUT2D eigenvalue weighted by atomic mass is 16.6. The second-order valence-electron chi connectivity index (χ2n) is 3.54. The molecule has 0 unspecified atom stereocenters. The predicted molar refractivity (Wildman–Crippen MR) is 66.5 cm³/mol. The van der Waals surface area contributed by atoms with E-state index in [9.17, 15) is 10.1 Å². The van der Waals surface area contributed by atoms with Gasteiger partial charge in [0.1, 0.15) is 11.8 Å². The predicted octanol–water partition coefficient (Wildman–Crippen LogP) is 2.06. The number of aromatic nitrogens is 2. The average molecular weight is 272 g/mol. The molecule has 2 rings (SSSR count). The molecule has 8 nitrogen and oxygen atoms in total. The molecule has 0 aliphatic carbocycles. The molecule has 20 heavy (non-hydrogen) atoms. The number of nitriles is 1. The van der Waals surface area contributed by atoms with Gasteiger partial charge in [-0.15, -0.1) is 0 Å². The summed E-state index contributed by atoms with van der Waals surface area (Å²) in [6.07, 6.45) is 2.43. The third-order valence-electron chi connectivity index (χ3n) is 2.32. The van der Waals surface area contributed by atoms with Crippen molar-refractivity contribution in [3.05, 3.63) is 46.4 Å². The molecular weight excluding hydrogens is 264 g/mol. The van der Waals surface area contributed by atoms with Crippen molar-refractivity contribution in [1.29, 1.82) is 5.26 Å². The van der Waals surface area contributed by atoms with Crippen molar-refractivity contribution in [2.24, 2.45) is 0 Å². The molecule has 0 amide bonds. The maximum atomic E-state index is 11.0. The monoisotopic (exact) mass is 272 g/mol. The van der Waals surface area contributed by atoms with Crippen molar-refractivity contribution in [3.63, 3.8) is 0 Å². The van der Waals surface area contributed by atoms with Crippen LogP contribution in [-0.2, 0) is 0 Å². The van der Waals surface area contributed by atoms with Crippen molar-refractivity contribution in [1.82, 2.24) is 9.97 Å². The number of benzene rings is 1. The van der Waals surface area contributed by atoms with E-state index in [0.717, 1.165) is 0 Å². The first-order chi connectivity index (χ1) is 9.63. The third-order valence-corrected chi connectivity index (χ3v) is 2.32. The van der Waals surface area contributed by atoms with Gasteiger partial charge in [0.25, 0.3) is 0 Å². The van der Waals surface area contributed by atoms with Gasteiger partial charge in [-0.1, -0.05) is 0 Å². The lowest BCUT2D eigenvalue weighted by atomic mass is 10.3. The van der Waals surface area contributed by atoms with E-state index in [2.05, 4.69) is 9.97 Å². The lowest BCUT2D eigenvalue weighted by Crippen LogP contribution is -1.96. The number of rotatable bonds is 4. The molecule has 2 aromatic rings. The SMILES string of the molecule is COc1ccc(Oc2cnc(C#N)cn2)c([N+](=O)[O-])c1. The summed E-state index contributed by atoms with van der Waals surface area (Å²) in [5.74, 6) is 0.405. The van der Waals surface area contributed by atoms with E-state index in [1.807, 2.05) is 6.07 Å². The molecule has 1 aromatic heterocycles. The van der Waals surface area contributed by atoms with Gasteiger partial charge in [0.2, 0.25) is 11.6 Å². The molecule has 0 aliphatic rings. The van der Waals surface area contributed by atoms with Crippen molar-refractivity contribution in [2.75, 3.05) is 7.11 Å². The minimum Gasteiger partial charge on any atom is -0.496 e. The number of ether oxygens (including phenoxy) is 2. The molecule has 0 bridgehead atoms. The third kappa shape index (κ3) is 2.78. The lowest BCUT2D eigenvalue weighted by molar-refractivity contribution is -0.385. The molecule has 1 heterocycles. The Bertz CT molecular complexity index is 679. The number of hydrogen-bond acceptors (Lipinski definition) is 7. The summed E-state index contributed by atoms with van der Waals surface area (Å²) in [6.45, 7) is 0. The number of nitro groups is 1. The Hall–Kier alpha value is -3.21. The van der Waals surface area contributed by atoms with Crippen LogP contribution in [0.1, 0.15) is 5.69 Å². The van der Waals surface area contributed by atoms with Crippen LogP contribution < -0.4 is 9.47 Å². The standard InChI is InChI=1S/C12H8N4O4/c1-19-9-2-3-11(10(4-9)16(17)18)20-12-7-14-8(5-13)6-15-12/h2-4,6-7H,1H3. The Balaban J connectivity index is 2.32. The summed E-state index contributed by atoms with van der Waals surface area (Å²) in [7, 11) is 1.41. The van der Waals surface area contributed by atoms with Gasteiger partial charge < -0.3 is 9.47 Å². The van der Waals surface area contributed by atoms with Gasteiger partial charge in [-0.3, -0.25) is 10.1 Å². The van der Waals surface area contributed by atoms with Gasteiger partial charge >= 0.3 is 5.69 Å². The van der Waals surface area contributed by atoms with Crippen LogP contribution in [0.5, 0.6) is 17.4 Å². The molecule has 8 heteroatoms. The zero-order valence-electron chi connectivity index (χ0n) is 10.3. The van der Waals surface area contributed by atoms with Crippen molar-refractivity contribution < 1.29 is 14.4 Å². The summed E-state index contributed by atoms with van der Waals surface area (Å²) in [6, 6.07) is 5.98. The Morgan fingerprint density at radius 2 is 2.15 bits per heavy atom. The van der Waals surface area contributed by atoms with E-state index in [-0.39, 0.29) is 23.0 Å². The fourth-order valence-corrected chi connectivity index (χ4v) is 1.39. The molecule has 1 aromatic carbocycles. The van der Waals surface area contributed by atoms with Crippen LogP contribution in [0.3, 0.4) is 0 Å². The molecule has 0 spiro atoms. The number of methoxy groups -OCH3 is 1. The molecule has 0 radical (unpaired) electrons. The van der Waals surface area contributed by atoms with Gasteiger partial charge in [0.05, 0.1) is 30.5 Å². The number of hydrogen-bond donors (Lipinski definition) is 0. The van der Waals surface area contributed by atoms with E-state index in [0.29, 0.717) is 5.75 Å². The fourth-order valence-electron chi connectivity index (χ4n) is 1.39. The molecule has 100 valence electrons. The zero-order valence-corrected chi connectivity index (χ0v) is 10.3. The number of nitrogens with zero attached hydrogens (tertiary/aromatic N) is 4. The fraction of sp³-hybridized carbons (Fsp3) is 0.0833. The molecule has 0 aliphatic heterocycles.